The van der Waals surface area contributed by atoms with Crippen LogP contribution in [0.2, 0.25) is 0 Å². The van der Waals surface area contributed by atoms with Gasteiger partial charge < -0.3 is 19.5 Å². The predicted octanol–water partition coefficient (Wildman–Crippen LogP) is 3.61. The molecule has 3 heterocycles. The lowest BCUT2D eigenvalue weighted by Crippen LogP contribution is -2.39. The lowest BCUT2D eigenvalue weighted by molar-refractivity contribution is -0.116. The predicted molar refractivity (Wildman–Crippen MR) is 105 cm³/mol. The minimum atomic E-state index is -0.522. The monoisotopic (exact) mass is 406 g/mol. The van der Waals surface area contributed by atoms with E-state index in [1.165, 1.54) is 11.3 Å². The van der Waals surface area contributed by atoms with Crippen molar-refractivity contribution < 1.29 is 18.8 Å². The van der Waals surface area contributed by atoms with E-state index >= 15 is 0 Å². The highest BCUT2D eigenvalue weighted by Gasteiger charge is 2.28. The lowest BCUT2D eigenvalue weighted by Gasteiger charge is -2.29. The van der Waals surface area contributed by atoms with Gasteiger partial charge in [-0.05, 0) is 41.0 Å². The van der Waals surface area contributed by atoms with E-state index < -0.39 is 5.60 Å². The normalized spacial score (nSPS) is 14.0. The van der Waals surface area contributed by atoms with Crippen LogP contribution in [0, 0.1) is 13.8 Å². The van der Waals surface area contributed by atoms with Crippen LogP contribution in [-0.4, -0.2) is 39.2 Å². The van der Waals surface area contributed by atoms with Gasteiger partial charge in [-0.25, -0.2) is 9.78 Å². The van der Waals surface area contributed by atoms with Crippen molar-refractivity contribution in [3.8, 4) is 0 Å². The number of rotatable bonds is 4. The molecule has 9 heteroatoms. The Morgan fingerprint density at radius 3 is 2.71 bits per heavy atom. The van der Waals surface area contributed by atoms with Crippen LogP contribution in [0.5, 0.6) is 0 Å². The average molecular weight is 407 g/mol. The van der Waals surface area contributed by atoms with Gasteiger partial charge in [0, 0.05) is 29.8 Å². The molecule has 0 bridgehead atoms. The van der Waals surface area contributed by atoms with Crippen molar-refractivity contribution in [1.29, 1.82) is 0 Å². The molecular formula is C19H26N4O4S. The average Bonchev–Trinajstić information content (AvgIpc) is 3.13. The molecule has 0 aromatic carbocycles. The summed E-state index contributed by atoms with van der Waals surface area (Å²) in [5.41, 5.74) is 2.20. The molecule has 0 saturated carbocycles. The number of hydrogen-bond acceptors (Lipinski definition) is 7. The standard InChI is InChI=1S/C19H26N4O4S/c1-11-13(12(2)27-22-11)6-7-16(24)21-17-20-14-8-9-23(10-15(14)28-17)18(25)26-19(3,4)5/h6-10H2,1-5H3,(H,20,21,24). The van der Waals surface area contributed by atoms with Gasteiger partial charge in [0.05, 0.1) is 17.9 Å². The van der Waals surface area contributed by atoms with Crippen molar-refractivity contribution in [3.05, 3.63) is 27.6 Å². The van der Waals surface area contributed by atoms with Crippen LogP contribution in [0.1, 0.15) is 54.8 Å². The maximum Gasteiger partial charge on any atom is 0.410 e. The van der Waals surface area contributed by atoms with E-state index in [0.29, 0.717) is 37.5 Å². The molecule has 8 nitrogen and oxygen atoms in total. The Balaban J connectivity index is 1.56. The fourth-order valence-electron chi connectivity index (χ4n) is 3.01. The zero-order valence-corrected chi connectivity index (χ0v) is 17.7. The highest BCUT2D eigenvalue weighted by atomic mass is 32.1. The first-order valence-electron chi connectivity index (χ1n) is 9.30. The first-order valence-corrected chi connectivity index (χ1v) is 10.1. The molecule has 0 aliphatic carbocycles. The number of ether oxygens (including phenoxy) is 1. The molecule has 2 amide bonds. The molecule has 0 unspecified atom stereocenters. The van der Waals surface area contributed by atoms with Gasteiger partial charge in [-0.3, -0.25) is 4.79 Å². The second-order valence-electron chi connectivity index (χ2n) is 7.89. The van der Waals surface area contributed by atoms with E-state index in [-0.39, 0.29) is 12.0 Å². The van der Waals surface area contributed by atoms with E-state index in [9.17, 15) is 9.59 Å². The number of fused-ring (bicyclic) bond motifs is 1. The minimum absolute atomic E-state index is 0.102. The smallest absolute Gasteiger partial charge is 0.410 e. The molecule has 152 valence electrons. The number of aromatic nitrogens is 2. The van der Waals surface area contributed by atoms with Gasteiger partial charge in [0.1, 0.15) is 11.4 Å². The molecule has 0 radical (unpaired) electrons. The summed E-state index contributed by atoms with van der Waals surface area (Å²) in [6.45, 7) is 10.3. The number of hydrogen-bond donors (Lipinski definition) is 1. The second-order valence-corrected chi connectivity index (χ2v) is 8.98. The number of nitrogens with zero attached hydrogens (tertiary/aromatic N) is 3. The number of nitrogens with one attached hydrogen (secondary N) is 1. The van der Waals surface area contributed by atoms with E-state index in [1.54, 1.807) is 4.90 Å². The van der Waals surface area contributed by atoms with Gasteiger partial charge >= 0.3 is 6.09 Å². The molecule has 1 aliphatic heterocycles. The van der Waals surface area contributed by atoms with Crippen LogP contribution in [0.4, 0.5) is 9.93 Å². The van der Waals surface area contributed by atoms with Crippen molar-refractivity contribution in [2.75, 3.05) is 11.9 Å². The topological polar surface area (TPSA) is 97.6 Å². The van der Waals surface area contributed by atoms with E-state index in [0.717, 1.165) is 27.6 Å². The Morgan fingerprint density at radius 2 is 2.07 bits per heavy atom. The molecule has 0 spiro atoms. The fourth-order valence-corrected chi connectivity index (χ4v) is 4.05. The van der Waals surface area contributed by atoms with E-state index in [4.69, 9.17) is 9.26 Å². The zero-order chi connectivity index (χ0) is 20.5. The summed E-state index contributed by atoms with van der Waals surface area (Å²) >= 11 is 1.41. The summed E-state index contributed by atoms with van der Waals surface area (Å²) in [4.78, 5) is 31.7. The molecule has 3 rings (SSSR count). The van der Waals surface area contributed by atoms with Crippen LogP contribution in [0.15, 0.2) is 4.52 Å². The first-order chi connectivity index (χ1) is 13.1. The Labute approximate surface area is 168 Å². The van der Waals surface area contributed by atoms with Gasteiger partial charge in [0.15, 0.2) is 5.13 Å². The number of carbonyl (C=O) groups is 2. The molecule has 0 atom stereocenters. The van der Waals surface area contributed by atoms with Crippen molar-refractivity contribution in [3.63, 3.8) is 0 Å². The number of carbonyl (C=O) groups excluding carboxylic acids is 2. The number of aryl methyl sites for hydroxylation is 2. The largest absolute Gasteiger partial charge is 0.444 e. The first kappa shape index (κ1) is 20.3. The van der Waals surface area contributed by atoms with Crippen LogP contribution in [-0.2, 0) is 28.9 Å². The molecule has 1 aliphatic rings. The van der Waals surface area contributed by atoms with E-state index in [1.807, 2.05) is 34.6 Å². The van der Waals surface area contributed by atoms with Gasteiger partial charge in [-0.2, -0.15) is 0 Å². The van der Waals surface area contributed by atoms with Crippen molar-refractivity contribution in [1.82, 2.24) is 15.0 Å². The summed E-state index contributed by atoms with van der Waals surface area (Å²) in [6.07, 6.45) is 1.23. The summed E-state index contributed by atoms with van der Waals surface area (Å²) in [5.74, 6) is 0.646. The van der Waals surface area contributed by atoms with Crippen LogP contribution < -0.4 is 5.32 Å². The van der Waals surface area contributed by atoms with Crippen molar-refractivity contribution in [2.24, 2.45) is 0 Å². The second kappa shape index (κ2) is 7.90. The molecule has 0 fully saturated rings. The third kappa shape index (κ3) is 4.89. The lowest BCUT2D eigenvalue weighted by atomic mass is 10.1. The summed E-state index contributed by atoms with van der Waals surface area (Å²) in [7, 11) is 0. The van der Waals surface area contributed by atoms with Crippen molar-refractivity contribution >= 4 is 28.5 Å². The summed E-state index contributed by atoms with van der Waals surface area (Å²) < 4.78 is 10.6. The highest BCUT2D eigenvalue weighted by Crippen LogP contribution is 2.29. The van der Waals surface area contributed by atoms with Gasteiger partial charge in [0.25, 0.3) is 0 Å². The maximum absolute atomic E-state index is 12.3. The Kier molecular flexibility index (Phi) is 5.74. The zero-order valence-electron chi connectivity index (χ0n) is 16.9. The summed E-state index contributed by atoms with van der Waals surface area (Å²) in [6, 6.07) is 0. The quantitative estimate of drug-likeness (QED) is 0.833. The van der Waals surface area contributed by atoms with Crippen LogP contribution >= 0.6 is 11.3 Å². The molecular weight excluding hydrogens is 380 g/mol. The molecule has 1 N–H and O–H groups in total. The Morgan fingerprint density at radius 1 is 1.32 bits per heavy atom. The summed E-state index contributed by atoms with van der Waals surface area (Å²) in [5, 5.41) is 7.34. The molecule has 2 aromatic rings. The van der Waals surface area contributed by atoms with Gasteiger partial charge in [-0.1, -0.05) is 16.5 Å². The SMILES string of the molecule is Cc1noc(C)c1CCC(=O)Nc1nc2c(s1)CN(C(=O)OC(C)(C)C)CC2. The van der Waals surface area contributed by atoms with Gasteiger partial charge in [0.2, 0.25) is 5.91 Å². The van der Waals surface area contributed by atoms with Crippen molar-refractivity contribution in [2.45, 2.75) is 66.0 Å². The third-order valence-corrected chi connectivity index (χ3v) is 5.41. The molecule has 28 heavy (non-hydrogen) atoms. The van der Waals surface area contributed by atoms with E-state index in [2.05, 4.69) is 15.5 Å². The Hall–Kier alpha value is -2.42. The maximum atomic E-state index is 12.3. The molecule has 0 saturated heterocycles. The molecule has 2 aromatic heterocycles. The highest BCUT2D eigenvalue weighted by molar-refractivity contribution is 7.15. The third-order valence-electron chi connectivity index (χ3n) is 4.41. The number of anilines is 1. The number of thiazole rings is 1. The fraction of sp³-hybridized carbons (Fsp3) is 0.579. The Bertz CT molecular complexity index is 862. The minimum Gasteiger partial charge on any atom is -0.444 e. The van der Waals surface area contributed by atoms with Gasteiger partial charge in [-0.15, -0.1) is 0 Å². The van der Waals surface area contributed by atoms with Crippen LogP contribution in [0.3, 0.4) is 0 Å². The number of amides is 2. The van der Waals surface area contributed by atoms with Crippen LogP contribution in [0.25, 0.3) is 0 Å².